The summed E-state index contributed by atoms with van der Waals surface area (Å²) in [5.74, 6) is 0.748. The van der Waals surface area contributed by atoms with Crippen molar-refractivity contribution in [2.75, 3.05) is 21.1 Å². The van der Waals surface area contributed by atoms with Gasteiger partial charge in [0.15, 0.2) is 0 Å². The SMILES string of the molecule is CN=C(NN=C(C)Cc1ccccc1)N(C)C. The lowest BCUT2D eigenvalue weighted by Gasteiger charge is -2.14. The van der Waals surface area contributed by atoms with Gasteiger partial charge in [0.1, 0.15) is 0 Å². The summed E-state index contributed by atoms with van der Waals surface area (Å²) in [5, 5.41) is 4.31. The first-order valence-electron chi connectivity index (χ1n) is 5.60. The molecule has 0 unspecified atom stereocenters. The van der Waals surface area contributed by atoms with Crippen molar-refractivity contribution in [2.45, 2.75) is 13.3 Å². The van der Waals surface area contributed by atoms with Gasteiger partial charge in [-0.05, 0) is 12.5 Å². The molecule has 17 heavy (non-hydrogen) atoms. The third-order valence-electron chi connectivity index (χ3n) is 2.28. The molecule has 1 aromatic carbocycles. The van der Waals surface area contributed by atoms with E-state index in [9.17, 15) is 0 Å². The van der Waals surface area contributed by atoms with Crippen molar-refractivity contribution in [3.05, 3.63) is 35.9 Å². The topological polar surface area (TPSA) is 40.0 Å². The molecule has 0 spiro atoms. The van der Waals surface area contributed by atoms with Gasteiger partial charge in [0.05, 0.1) is 0 Å². The van der Waals surface area contributed by atoms with E-state index in [-0.39, 0.29) is 0 Å². The Labute approximate surface area is 103 Å². The lowest BCUT2D eigenvalue weighted by molar-refractivity contribution is 0.588. The molecule has 92 valence electrons. The molecule has 4 nitrogen and oxygen atoms in total. The maximum atomic E-state index is 4.31. The molecule has 0 fully saturated rings. The Morgan fingerprint density at radius 2 is 1.88 bits per heavy atom. The van der Waals surface area contributed by atoms with Crippen molar-refractivity contribution in [1.29, 1.82) is 0 Å². The van der Waals surface area contributed by atoms with Crippen molar-refractivity contribution in [3.8, 4) is 0 Å². The average molecular weight is 232 g/mol. The number of rotatable bonds is 3. The molecule has 0 aliphatic carbocycles. The van der Waals surface area contributed by atoms with Crippen molar-refractivity contribution < 1.29 is 0 Å². The third kappa shape index (κ3) is 4.68. The molecule has 0 aliphatic rings. The summed E-state index contributed by atoms with van der Waals surface area (Å²) in [5.41, 5.74) is 5.24. The van der Waals surface area contributed by atoms with Crippen molar-refractivity contribution in [1.82, 2.24) is 10.3 Å². The Kier molecular flexibility index (Phi) is 5.20. The summed E-state index contributed by atoms with van der Waals surface area (Å²) in [6.07, 6.45) is 0.845. The molecule has 1 rings (SSSR count). The lowest BCUT2D eigenvalue weighted by Crippen LogP contribution is -2.33. The Morgan fingerprint density at radius 1 is 1.24 bits per heavy atom. The summed E-state index contributed by atoms with van der Waals surface area (Å²) in [6.45, 7) is 2.00. The van der Waals surface area contributed by atoms with E-state index in [1.807, 2.05) is 44.1 Å². The summed E-state index contributed by atoms with van der Waals surface area (Å²) in [6, 6.07) is 10.3. The predicted octanol–water partition coefficient (Wildman–Crippen LogP) is 1.74. The van der Waals surface area contributed by atoms with Gasteiger partial charge in [-0.1, -0.05) is 30.3 Å². The van der Waals surface area contributed by atoms with Crippen LogP contribution in [0.3, 0.4) is 0 Å². The number of hydrogen-bond donors (Lipinski definition) is 1. The zero-order valence-electron chi connectivity index (χ0n) is 10.9. The smallest absolute Gasteiger partial charge is 0.213 e. The minimum absolute atomic E-state index is 0.748. The average Bonchev–Trinajstić information content (AvgIpc) is 2.30. The second kappa shape index (κ2) is 6.68. The van der Waals surface area contributed by atoms with Crippen LogP contribution in [-0.4, -0.2) is 37.7 Å². The monoisotopic (exact) mass is 232 g/mol. The van der Waals surface area contributed by atoms with Crippen LogP contribution >= 0.6 is 0 Å². The molecule has 0 saturated carbocycles. The van der Waals surface area contributed by atoms with Crippen LogP contribution < -0.4 is 5.43 Å². The van der Waals surface area contributed by atoms with E-state index in [1.54, 1.807) is 7.05 Å². The molecule has 0 bridgehead atoms. The van der Waals surface area contributed by atoms with Gasteiger partial charge in [-0.25, -0.2) is 5.43 Å². The normalized spacial score (nSPS) is 12.5. The van der Waals surface area contributed by atoms with Gasteiger partial charge in [-0.15, -0.1) is 0 Å². The van der Waals surface area contributed by atoms with Crippen LogP contribution in [0.1, 0.15) is 12.5 Å². The van der Waals surface area contributed by atoms with Crippen LogP contribution in [0.5, 0.6) is 0 Å². The highest BCUT2D eigenvalue weighted by Crippen LogP contribution is 2.00. The van der Waals surface area contributed by atoms with Gasteiger partial charge in [0.25, 0.3) is 0 Å². The largest absolute Gasteiger partial charge is 0.348 e. The fourth-order valence-corrected chi connectivity index (χ4v) is 1.43. The first-order chi connectivity index (χ1) is 8.13. The van der Waals surface area contributed by atoms with Gasteiger partial charge < -0.3 is 4.90 Å². The van der Waals surface area contributed by atoms with E-state index in [0.29, 0.717) is 0 Å². The maximum Gasteiger partial charge on any atom is 0.213 e. The molecule has 0 heterocycles. The van der Waals surface area contributed by atoms with Crippen molar-refractivity contribution in [2.24, 2.45) is 10.1 Å². The number of guanidine groups is 1. The minimum atomic E-state index is 0.748. The summed E-state index contributed by atoms with van der Waals surface area (Å²) in [4.78, 5) is 5.98. The van der Waals surface area contributed by atoms with Gasteiger partial charge in [-0.2, -0.15) is 5.10 Å². The number of hydrogen-bond acceptors (Lipinski definition) is 2. The Hall–Kier alpha value is -1.84. The van der Waals surface area contributed by atoms with Gasteiger partial charge in [-0.3, -0.25) is 4.99 Å². The van der Waals surface area contributed by atoms with Crippen molar-refractivity contribution >= 4 is 11.7 Å². The zero-order chi connectivity index (χ0) is 12.7. The molecule has 0 amide bonds. The van der Waals surface area contributed by atoms with E-state index >= 15 is 0 Å². The Balaban J connectivity index is 2.56. The molecule has 0 radical (unpaired) electrons. The number of aliphatic imine (C=N–C) groups is 1. The number of nitrogens with zero attached hydrogens (tertiary/aromatic N) is 3. The number of hydrazone groups is 1. The number of benzene rings is 1. The molecule has 4 heteroatoms. The molecule has 0 saturated heterocycles. The van der Waals surface area contributed by atoms with Crippen LogP contribution in [0, 0.1) is 0 Å². The van der Waals surface area contributed by atoms with Crippen LogP contribution in [0.4, 0.5) is 0 Å². The molecule has 0 aromatic heterocycles. The van der Waals surface area contributed by atoms with Crippen LogP contribution in [-0.2, 0) is 6.42 Å². The lowest BCUT2D eigenvalue weighted by atomic mass is 10.1. The Bertz CT molecular complexity index is 393. The second-order valence-corrected chi connectivity index (χ2v) is 4.06. The Morgan fingerprint density at radius 3 is 2.41 bits per heavy atom. The fraction of sp³-hybridized carbons (Fsp3) is 0.385. The second-order valence-electron chi connectivity index (χ2n) is 4.06. The highest BCUT2D eigenvalue weighted by atomic mass is 15.4. The van der Waals surface area contributed by atoms with Crippen LogP contribution in [0.15, 0.2) is 40.4 Å². The molecule has 0 aliphatic heterocycles. The van der Waals surface area contributed by atoms with Gasteiger partial charge >= 0.3 is 0 Å². The van der Waals surface area contributed by atoms with Gasteiger partial charge in [0.2, 0.25) is 5.96 Å². The van der Waals surface area contributed by atoms with Gasteiger partial charge in [0, 0.05) is 33.3 Å². The maximum absolute atomic E-state index is 4.31. The molecule has 1 N–H and O–H groups in total. The quantitative estimate of drug-likeness (QED) is 0.490. The van der Waals surface area contributed by atoms with Crippen LogP contribution in [0.25, 0.3) is 0 Å². The summed E-state index contributed by atoms with van der Waals surface area (Å²) < 4.78 is 0. The standard InChI is InChI=1S/C13H20N4/c1-11(10-12-8-6-5-7-9-12)15-16-13(14-2)17(3)4/h5-9H,10H2,1-4H3,(H,14,16). The van der Waals surface area contributed by atoms with Crippen LogP contribution in [0.2, 0.25) is 0 Å². The first kappa shape index (κ1) is 13.2. The van der Waals surface area contributed by atoms with Crippen molar-refractivity contribution in [3.63, 3.8) is 0 Å². The van der Waals surface area contributed by atoms with E-state index in [1.165, 1.54) is 5.56 Å². The van der Waals surface area contributed by atoms with E-state index < -0.39 is 0 Å². The highest BCUT2D eigenvalue weighted by Gasteiger charge is 1.99. The van der Waals surface area contributed by atoms with E-state index in [2.05, 4.69) is 27.7 Å². The first-order valence-corrected chi connectivity index (χ1v) is 5.60. The fourth-order valence-electron chi connectivity index (χ4n) is 1.43. The molecule has 1 aromatic rings. The molecule has 0 atom stereocenters. The molecular formula is C13H20N4. The predicted molar refractivity (Wildman–Crippen MR) is 73.4 cm³/mol. The highest BCUT2D eigenvalue weighted by molar-refractivity contribution is 5.86. The number of nitrogens with one attached hydrogen (secondary N) is 1. The summed E-state index contributed by atoms with van der Waals surface area (Å²) >= 11 is 0. The summed E-state index contributed by atoms with van der Waals surface area (Å²) in [7, 11) is 5.60. The molecular weight excluding hydrogens is 212 g/mol. The zero-order valence-corrected chi connectivity index (χ0v) is 10.9. The minimum Gasteiger partial charge on any atom is -0.348 e. The third-order valence-corrected chi connectivity index (χ3v) is 2.28. The van der Waals surface area contributed by atoms with E-state index in [0.717, 1.165) is 18.1 Å². The van der Waals surface area contributed by atoms with E-state index in [4.69, 9.17) is 0 Å².